The number of ether oxygens (including phenoxy) is 1. The molecule has 1 saturated heterocycles. The number of imide groups is 1. The van der Waals surface area contributed by atoms with E-state index >= 15 is 0 Å². The highest BCUT2D eigenvalue weighted by Crippen LogP contribution is 2.34. The Balaban J connectivity index is 2.01. The third-order valence-corrected chi connectivity index (χ3v) is 4.64. The lowest BCUT2D eigenvalue weighted by Gasteiger charge is -2.34. The maximum Gasteiger partial charge on any atom is 0.407 e. The van der Waals surface area contributed by atoms with Crippen molar-refractivity contribution in [1.29, 1.82) is 0 Å². The van der Waals surface area contributed by atoms with Gasteiger partial charge in [-0.1, -0.05) is 60.7 Å². The molecule has 1 aliphatic rings. The molecule has 0 bridgehead atoms. The molecular weight excluding hydrogens is 376 g/mol. The van der Waals surface area contributed by atoms with E-state index in [2.05, 4.69) is 5.32 Å². The Morgan fingerprint density at radius 2 is 1.41 bits per heavy atom. The Hall–Kier alpha value is -3.68. The molecule has 0 unspecified atom stereocenters. The van der Waals surface area contributed by atoms with Crippen LogP contribution in [0.3, 0.4) is 0 Å². The SMILES string of the molecule is COC(=O)NC(CC(=O)ON1C(=O)CCC1=O)(c1ccccc1)c1ccccc1. The van der Waals surface area contributed by atoms with Crippen LogP contribution in [0.2, 0.25) is 0 Å². The molecule has 1 heterocycles. The first-order valence-corrected chi connectivity index (χ1v) is 9.00. The van der Waals surface area contributed by atoms with Crippen LogP contribution in [-0.4, -0.2) is 36.0 Å². The number of nitrogens with one attached hydrogen (secondary N) is 1. The Bertz CT molecular complexity index is 858. The van der Waals surface area contributed by atoms with E-state index < -0.39 is 29.4 Å². The summed E-state index contributed by atoms with van der Waals surface area (Å²) in [5, 5.41) is 3.23. The molecule has 150 valence electrons. The van der Waals surface area contributed by atoms with Gasteiger partial charge < -0.3 is 14.9 Å². The number of amides is 3. The average molecular weight is 396 g/mol. The van der Waals surface area contributed by atoms with Gasteiger partial charge in [-0.3, -0.25) is 9.59 Å². The largest absolute Gasteiger partial charge is 0.453 e. The molecule has 1 fully saturated rings. The van der Waals surface area contributed by atoms with Crippen molar-refractivity contribution in [3.8, 4) is 0 Å². The van der Waals surface area contributed by atoms with Gasteiger partial charge in [-0.2, -0.15) is 0 Å². The number of hydroxylamine groups is 2. The van der Waals surface area contributed by atoms with Crippen molar-refractivity contribution in [2.75, 3.05) is 7.11 Å². The highest BCUT2D eigenvalue weighted by molar-refractivity contribution is 6.01. The number of methoxy groups -OCH3 is 1. The van der Waals surface area contributed by atoms with E-state index in [4.69, 9.17) is 9.57 Å². The average Bonchev–Trinajstić information content (AvgIpc) is 3.06. The van der Waals surface area contributed by atoms with Crippen LogP contribution in [0.15, 0.2) is 60.7 Å². The van der Waals surface area contributed by atoms with E-state index in [1.54, 1.807) is 60.7 Å². The summed E-state index contributed by atoms with van der Waals surface area (Å²) in [6.07, 6.45) is -1.13. The first-order valence-electron chi connectivity index (χ1n) is 9.00. The molecule has 0 aromatic heterocycles. The monoisotopic (exact) mass is 396 g/mol. The molecule has 29 heavy (non-hydrogen) atoms. The van der Waals surface area contributed by atoms with E-state index in [-0.39, 0.29) is 19.3 Å². The first-order chi connectivity index (χ1) is 14.0. The van der Waals surface area contributed by atoms with Gasteiger partial charge >= 0.3 is 12.1 Å². The minimum atomic E-state index is -1.33. The molecule has 0 atom stereocenters. The van der Waals surface area contributed by atoms with Crippen LogP contribution in [0.5, 0.6) is 0 Å². The smallest absolute Gasteiger partial charge is 0.407 e. The lowest BCUT2D eigenvalue weighted by atomic mass is 9.80. The molecule has 0 radical (unpaired) electrons. The van der Waals surface area contributed by atoms with Crippen LogP contribution < -0.4 is 5.32 Å². The molecule has 8 heteroatoms. The number of carbonyl (C=O) groups excluding carboxylic acids is 4. The second-order valence-electron chi connectivity index (χ2n) is 6.48. The van der Waals surface area contributed by atoms with Crippen LogP contribution in [0.4, 0.5) is 4.79 Å². The number of carbonyl (C=O) groups is 4. The molecule has 0 saturated carbocycles. The van der Waals surface area contributed by atoms with Crippen molar-refractivity contribution < 1.29 is 28.8 Å². The van der Waals surface area contributed by atoms with Gasteiger partial charge in [0.15, 0.2) is 0 Å². The third kappa shape index (κ3) is 4.26. The Labute approximate surface area is 167 Å². The van der Waals surface area contributed by atoms with Gasteiger partial charge in [0, 0.05) is 12.8 Å². The van der Waals surface area contributed by atoms with Gasteiger partial charge in [0.1, 0.15) is 5.54 Å². The zero-order valence-corrected chi connectivity index (χ0v) is 15.8. The van der Waals surface area contributed by atoms with Crippen LogP contribution in [0.25, 0.3) is 0 Å². The number of rotatable bonds is 6. The lowest BCUT2D eigenvalue weighted by Crippen LogP contribution is -2.49. The van der Waals surface area contributed by atoms with E-state index in [0.717, 1.165) is 0 Å². The minimum absolute atomic E-state index is 0.00492. The van der Waals surface area contributed by atoms with Crippen molar-refractivity contribution in [2.24, 2.45) is 0 Å². The predicted octanol–water partition coefficient (Wildman–Crippen LogP) is 2.28. The summed E-state index contributed by atoms with van der Waals surface area (Å²) in [4.78, 5) is 53.6. The third-order valence-electron chi connectivity index (χ3n) is 4.64. The molecule has 0 aliphatic carbocycles. The van der Waals surface area contributed by atoms with Crippen molar-refractivity contribution in [3.63, 3.8) is 0 Å². The van der Waals surface area contributed by atoms with Gasteiger partial charge in [-0.15, -0.1) is 5.06 Å². The van der Waals surface area contributed by atoms with Gasteiger partial charge in [-0.05, 0) is 11.1 Å². The quantitative estimate of drug-likeness (QED) is 0.752. The summed E-state index contributed by atoms with van der Waals surface area (Å²) in [6.45, 7) is 0. The van der Waals surface area contributed by atoms with Crippen molar-refractivity contribution >= 4 is 23.9 Å². The lowest BCUT2D eigenvalue weighted by molar-refractivity contribution is -0.198. The minimum Gasteiger partial charge on any atom is -0.453 e. The zero-order chi connectivity index (χ0) is 20.9. The standard InChI is InChI=1S/C21H20N2O6/c1-28-20(27)22-21(15-8-4-2-5-9-15,16-10-6-3-7-11-16)14-19(26)29-23-17(24)12-13-18(23)25/h2-11H,12-14H2,1H3,(H,22,27). The summed E-state index contributed by atoms with van der Waals surface area (Å²) >= 11 is 0. The van der Waals surface area contributed by atoms with Crippen LogP contribution >= 0.6 is 0 Å². The van der Waals surface area contributed by atoms with Crippen LogP contribution in [-0.2, 0) is 29.5 Å². The fourth-order valence-electron chi connectivity index (χ4n) is 3.24. The number of benzene rings is 2. The highest BCUT2D eigenvalue weighted by Gasteiger charge is 2.41. The first kappa shape index (κ1) is 20.1. The second-order valence-corrected chi connectivity index (χ2v) is 6.48. The highest BCUT2D eigenvalue weighted by atomic mass is 16.7. The van der Waals surface area contributed by atoms with Gasteiger partial charge in [0.25, 0.3) is 11.8 Å². The molecule has 3 rings (SSSR count). The fraction of sp³-hybridized carbons (Fsp3) is 0.238. The number of nitrogens with zero attached hydrogens (tertiary/aromatic N) is 1. The maximum atomic E-state index is 12.8. The molecule has 1 N–H and O–H groups in total. The van der Waals surface area contributed by atoms with Gasteiger partial charge in [-0.25, -0.2) is 9.59 Å². The topological polar surface area (TPSA) is 102 Å². The van der Waals surface area contributed by atoms with E-state index in [1.165, 1.54) is 7.11 Å². The number of alkyl carbamates (subject to hydrolysis) is 1. The number of hydrogen-bond acceptors (Lipinski definition) is 6. The van der Waals surface area contributed by atoms with E-state index in [9.17, 15) is 19.2 Å². The second kappa shape index (κ2) is 8.55. The maximum absolute atomic E-state index is 12.8. The van der Waals surface area contributed by atoms with Gasteiger partial charge in [0.05, 0.1) is 13.5 Å². The van der Waals surface area contributed by atoms with Gasteiger partial charge in [0.2, 0.25) is 0 Å². The van der Waals surface area contributed by atoms with Crippen molar-refractivity contribution in [2.45, 2.75) is 24.8 Å². The van der Waals surface area contributed by atoms with Crippen LogP contribution in [0, 0.1) is 0 Å². The van der Waals surface area contributed by atoms with E-state index in [0.29, 0.717) is 16.2 Å². The predicted molar refractivity (Wildman–Crippen MR) is 101 cm³/mol. The fourth-order valence-corrected chi connectivity index (χ4v) is 3.24. The zero-order valence-electron chi connectivity index (χ0n) is 15.8. The van der Waals surface area contributed by atoms with E-state index in [1.807, 2.05) is 0 Å². The molecule has 0 spiro atoms. The summed E-state index contributed by atoms with van der Waals surface area (Å²) in [6, 6.07) is 17.7. The molecule has 3 amide bonds. The summed E-state index contributed by atoms with van der Waals surface area (Å²) in [7, 11) is 1.22. The Morgan fingerprint density at radius 3 is 1.86 bits per heavy atom. The van der Waals surface area contributed by atoms with Crippen molar-refractivity contribution in [3.05, 3.63) is 71.8 Å². The Morgan fingerprint density at radius 1 is 0.931 bits per heavy atom. The normalized spacial score (nSPS) is 13.9. The molecule has 2 aromatic carbocycles. The molecule has 2 aromatic rings. The molecular formula is C21H20N2O6. The summed E-state index contributed by atoms with van der Waals surface area (Å²) in [5.41, 5.74) is -0.126. The summed E-state index contributed by atoms with van der Waals surface area (Å²) < 4.78 is 4.78. The molecule has 1 aliphatic heterocycles. The molecule has 8 nitrogen and oxygen atoms in total. The van der Waals surface area contributed by atoms with Crippen LogP contribution in [0.1, 0.15) is 30.4 Å². The number of hydrogen-bond donors (Lipinski definition) is 1. The Kier molecular flexibility index (Phi) is 5.92. The van der Waals surface area contributed by atoms with Crippen molar-refractivity contribution in [1.82, 2.24) is 10.4 Å². The summed E-state index contributed by atoms with van der Waals surface area (Å²) in [5.74, 6) is -2.00.